The molecule has 0 bridgehead atoms. The van der Waals surface area contributed by atoms with Crippen LogP contribution in [0.15, 0.2) is 59.3 Å². The highest BCUT2D eigenvalue weighted by atomic mass is 35.5. The van der Waals surface area contributed by atoms with Gasteiger partial charge in [0.25, 0.3) is 11.6 Å². The van der Waals surface area contributed by atoms with Gasteiger partial charge in [0, 0.05) is 53.8 Å². The first-order valence-electron chi connectivity index (χ1n) is 11.2. The monoisotopic (exact) mass is 522 g/mol. The second-order valence-electron chi connectivity index (χ2n) is 8.54. The van der Waals surface area contributed by atoms with E-state index in [2.05, 4.69) is 14.9 Å². The fraction of sp³-hybridized carbons (Fsp3) is 0.208. The standard InChI is InChI=1S/C24H19ClN6O6/c1-14-12-28(24(32)21-6-7-22(37-21)31(35)36)8-9-29(14)23-18-10-19(25)17(11-20(18)26-13-27-23)15-2-4-16(5-3-15)30(33)34/h2-7,10-11,13-14H,8-9,12H2,1H3/t14-/m1/s1. The Hall–Kier alpha value is -4.58. The van der Waals surface area contributed by atoms with E-state index in [4.69, 9.17) is 16.0 Å². The first kappa shape index (κ1) is 24.1. The molecule has 0 spiro atoms. The van der Waals surface area contributed by atoms with Gasteiger partial charge in [0.05, 0.1) is 16.5 Å². The number of piperazine rings is 1. The summed E-state index contributed by atoms with van der Waals surface area (Å²) in [6, 6.07) is 12.0. The van der Waals surface area contributed by atoms with Crippen molar-refractivity contribution in [3.63, 3.8) is 0 Å². The van der Waals surface area contributed by atoms with Gasteiger partial charge < -0.3 is 14.2 Å². The predicted molar refractivity (Wildman–Crippen MR) is 135 cm³/mol. The van der Waals surface area contributed by atoms with E-state index >= 15 is 0 Å². The molecule has 188 valence electrons. The fourth-order valence-corrected chi connectivity index (χ4v) is 4.70. The van der Waals surface area contributed by atoms with Crippen LogP contribution in [0.2, 0.25) is 5.02 Å². The number of carbonyl (C=O) groups is 1. The summed E-state index contributed by atoms with van der Waals surface area (Å²) in [6.45, 7) is 3.12. The average molecular weight is 523 g/mol. The second-order valence-corrected chi connectivity index (χ2v) is 8.95. The molecular weight excluding hydrogens is 504 g/mol. The van der Waals surface area contributed by atoms with Crippen LogP contribution < -0.4 is 4.90 Å². The minimum Gasteiger partial charge on any atom is -0.395 e. The summed E-state index contributed by atoms with van der Waals surface area (Å²) >= 11 is 6.62. The number of rotatable bonds is 5. The molecule has 1 aliphatic heterocycles. The van der Waals surface area contributed by atoms with E-state index in [1.165, 1.54) is 24.5 Å². The number of hydrogen-bond donors (Lipinski definition) is 0. The largest absolute Gasteiger partial charge is 0.433 e. The number of aromatic nitrogens is 2. The van der Waals surface area contributed by atoms with Crippen molar-refractivity contribution in [2.75, 3.05) is 24.5 Å². The van der Waals surface area contributed by atoms with E-state index in [9.17, 15) is 25.0 Å². The Bertz CT molecular complexity index is 1540. The molecule has 1 amide bonds. The van der Waals surface area contributed by atoms with Gasteiger partial charge in [-0.15, -0.1) is 0 Å². The number of nitro benzene ring substituents is 1. The maximum Gasteiger partial charge on any atom is 0.433 e. The van der Waals surface area contributed by atoms with Crippen LogP contribution in [-0.4, -0.2) is 56.3 Å². The molecule has 0 unspecified atom stereocenters. The molecule has 1 atom stereocenters. The number of nitro groups is 2. The Morgan fingerprint density at radius 3 is 2.46 bits per heavy atom. The fourth-order valence-electron chi connectivity index (χ4n) is 4.43. The van der Waals surface area contributed by atoms with Crippen LogP contribution in [0.25, 0.3) is 22.0 Å². The van der Waals surface area contributed by atoms with Crippen molar-refractivity contribution in [1.82, 2.24) is 14.9 Å². The molecule has 12 nitrogen and oxygen atoms in total. The van der Waals surface area contributed by atoms with Crippen molar-refractivity contribution in [2.24, 2.45) is 0 Å². The van der Waals surface area contributed by atoms with Gasteiger partial charge >= 0.3 is 5.88 Å². The van der Waals surface area contributed by atoms with Crippen LogP contribution in [0.4, 0.5) is 17.4 Å². The summed E-state index contributed by atoms with van der Waals surface area (Å²) in [4.78, 5) is 46.0. The summed E-state index contributed by atoms with van der Waals surface area (Å²) in [5.41, 5.74) is 2.04. The van der Waals surface area contributed by atoms with Crippen LogP contribution in [0.1, 0.15) is 17.5 Å². The van der Waals surface area contributed by atoms with Crippen LogP contribution in [0, 0.1) is 20.2 Å². The number of furan rings is 1. The molecule has 37 heavy (non-hydrogen) atoms. The normalized spacial score (nSPS) is 15.7. The number of fused-ring (bicyclic) bond motifs is 1. The van der Waals surface area contributed by atoms with Gasteiger partial charge in [-0.25, -0.2) is 9.97 Å². The third-order valence-electron chi connectivity index (χ3n) is 6.26. The zero-order valence-corrected chi connectivity index (χ0v) is 20.2. The summed E-state index contributed by atoms with van der Waals surface area (Å²) in [6.07, 6.45) is 1.46. The lowest BCUT2D eigenvalue weighted by atomic mass is 10.0. The Labute approximate surface area is 214 Å². The van der Waals surface area contributed by atoms with Gasteiger partial charge in [-0.3, -0.25) is 25.0 Å². The molecule has 1 saturated heterocycles. The van der Waals surface area contributed by atoms with E-state index < -0.39 is 21.6 Å². The second kappa shape index (κ2) is 9.47. The lowest BCUT2D eigenvalue weighted by Gasteiger charge is -2.40. The van der Waals surface area contributed by atoms with Crippen molar-refractivity contribution < 1.29 is 19.1 Å². The highest BCUT2D eigenvalue weighted by Crippen LogP contribution is 2.36. The summed E-state index contributed by atoms with van der Waals surface area (Å²) in [7, 11) is 0. The zero-order valence-electron chi connectivity index (χ0n) is 19.4. The summed E-state index contributed by atoms with van der Waals surface area (Å²) < 4.78 is 5.07. The number of benzene rings is 2. The number of anilines is 1. The molecule has 3 heterocycles. The quantitative estimate of drug-likeness (QED) is 0.268. The van der Waals surface area contributed by atoms with E-state index in [1.54, 1.807) is 23.1 Å². The van der Waals surface area contributed by atoms with Crippen molar-refractivity contribution in [1.29, 1.82) is 0 Å². The molecule has 0 aliphatic carbocycles. The van der Waals surface area contributed by atoms with E-state index in [1.807, 2.05) is 13.0 Å². The van der Waals surface area contributed by atoms with Gasteiger partial charge in [-0.2, -0.15) is 0 Å². The van der Waals surface area contributed by atoms with Crippen LogP contribution in [0.5, 0.6) is 0 Å². The Morgan fingerprint density at radius 2 is 1.81 bits per heavy atom. The Morgan fingerprint density at radius 1 is 1.05 bits per heavy atom. The number of halogens is 1. The first-order valence-corrected chi connectivity index (χ1v) is 11.6. The Kier molecular flexibility index (Phi) is 6.17. The summed E-state index contributed by atoms with van der Waals surface area (Å²) in [5.74, 6) is -0.309. The molecule has 5 rings (SSSR count). The number of non-ortho nitro benzene ring substituents is 1. The van der Waals surface area contributed by atoms with Crippen molar-refractivity contribution in [3.05, 3.63) is 85.9 Å². The lowest BCUT2D eigenvalue weighted by Crippen LogP contribution is -2.54. The molecule has 2 aromatic carbocycles. The highest BCUT2D eigenvalue weighted by Gasteiger charge is 2.31. The molecule has 1 aliphatic rings. The molecular formula is C24H19ClN6O6. The van der Waals surface area contributed by atoms with Gasteiger partial charge in [0.1, 0.15) is 17.1 Å². The molecule has 13 heteroatoms. The van der Waals surface area contributed by atoms with Crippen molar-refractivity contribution in [2.45, 2.75) is 13.0 Å². The van der Waals surface area contributed by atoms with Gasteiger partial charge in [0.15, 0.2) is 5.76 Å². The maximum atomic E-state index is 12.8. The average Bonchev–Trinajstić information content (AvgIpc) is 3.39. The minimum absolute atomic E-state index is 0.0119. The third-order valence-corrected chi connectivity index (χ3v) is 6.57. The molecule has 1 fully saturated rings. The van der Waals surface area contributed by atoms with Gasteiger partial charge in [-0.1, -0.05) is 11.6 Å². The highest BCUT2D eigenvalue weighted by molar-refractivity contribution is 6.34. The number of carbonyl (C=O) groups excluding carboxylic acids is 1. The Balaban J connectivity index is 1.40. The lowest BCUT2D eigenvalue weighted by molar-refractivity contribution is -0.402. The van der Waals surface area contributed by atoms with Crippen molar-refractivity contribution >= 4 is 45.8 Å². The van der Waals surface area contributed by atoms with E-state index in [-0.39, 0.29) is 17.5 Å². The number of amides is 1. The van der Waals surface area contributed by atoms with Crippen LogP contribution in [-0.2, 0) is 0 Å². The summed E-state index contributed by atoms with van der Waals surface area (Å²) in [5, 5.41) is 23.0. The van der Waals surface area contributed by atoms with Crippen LogP contribution in [0.3, 0.4) is 0 Å². The molecule has 0 saturated carbocycles. The zero-order chi connectivity index (χ0) is 26.3. The molecule has 4 aromatic rings. The first-order chi connectivity index (χ1) is 17.7. The van der Waals surface area contributed by atoms with Gasteiger partial charge in [-0.05, 0) is 42.8 Å². The predicted octanol–water partition coefficient (Wildman–Crippen LogP) is 4.71. The number of hydrogen-bond acceptors (Lipinski definition) is 9. The van der Waals surface area contributed by atoms with E-state index in [0.717, 1.165) is 17.0 Å². The maximum absolute atomic E-state index is 12.8. The number of nitrogens with zero attached hydrogens (tertiary/aromatic N) is 6. The molecule has 0 radical (unpaired) electrons. The van der Waals surface area contributed by atoms with Gasteiger partial charge in [0.2, 0.25) is 0 Å². The van der Waals surface area contributed by atoms with Crippen LogP contribution >= 0.6 is 11.6 Å². The minimum atomic E-state index is -0.685. The molecule has 0 N–H and O–H groups in total. The van der Waals surface area contributed by atoms with Crippen molar-refractivity contribution in [3.8, 4) is 11.1 Å². The smallest absolute Gasteiger partial charge is 0.395 e. The third kappa shape index (κ3) is 4.54. The SMILES string of the molecule is C[C@@H]1CN(C(=O)c2ccc([N+](=O)[O-])o2)CCN1c1ncnc2cc(-c3ccc([N+](=O)[O-])cc3)c(Cl)cc12. The van der Waals surface area contributed by atoms with E-state index in [0.29, 0.717) is 41.6 Å². The molecule has 2 aromatic heterocycles. The topological polar surface area (TPSA) is 149 Å².